The van der Waals surface area contributed by atoms with Crippen LogP contribution in [0.1, 0.15) is 12.8 Å². The van der Waals surface area contributed by atoms with Gasteiger partial charge in [-0.3, -0.25) is 10.1 Å². The van der Waals surface area contributed by atoms with Crippen LogP contribution in [0.25, 0.3) is 0 Å². The van der Waals surface area contributed by atoms with Crippen molar-refractivity contribution >= 4 is 0 Å². The first-order valence-electron chi connectivity index (χ1n) is 4.54. The smallest absolute Gasteiger partial charge is 0.241 e. The number of rotatable bonds is 3. The molecule has 1 aliphatic carbocycles. The molecule has 6 nitrogen and oxygen atoms in total. The summed E-state index contributed by atoms with van der Waals surface area (Å²) in [6.07, 6.45) is 0.160. The predicted molar refractivity (Wildman–Crippen MR) is 49.6 cm³/mol. The monoisotopic (exact) mass is 204 g/mol. The van der Waals surface area contributed by atoms with Crippen LogP contribution >= 0.6 is 0 Å². The molecule has 82 valence electrons. The number of methoxy groups -OCH3 is 2. The molecule has 4 unspecified atom stereocenters. The molecular formula is C8H16N2O4. The van der Waals surface area contributed by atoms with Gasteiger partial charge in [0.15, 0.2) is 0 Å². The third-order valence-electron chi connectivity index (χ3n) is 2.76. The fourth-order valence-electron chi connectivity index (χ4n) is 1.89. The minimum atomic E-state index is -0.704. The molecule has 4 atom stereocenters. The molecule has 0 amide bonds. The van der Waals surface area contributed by atoms with E-state index in [2.05, 4.69) is 0 Å². The van der Waals surface area contributed by atoms with E-state index >= 15 is 0 Å². The van der Waals surface area contributed by atoms with Crippen molar-refractivity contribution in [1.82, 2.24) is 0 Å². The van der Waals surface area contributed by atoms with Crippen molar-refractivity contribution in [2.45, 2.75) is 37.1 Å². The Morgan fingerprint density at radius 3 is 2.29 bits per heavy atom. The molecule has 0 heterocycles. The lowest BCUT2D eigenvalue weighted by atomic mass is 9.87. The minimum Gasteiger partial charge on any atom is -0.380 e. The van der Waals surface area contributed by atoms with Crippen LogP contribution in [0.4, 0.5) is 0 Å². The number of nitrogens with two attached hydrogens (primary N) is 1. The highest BCUT2D eigenvalue weighted by molar-refractivity contribution is 4.89. The maximum Gasteiger partial charge on any atom is 0.241 e. The number of ether oxygens (including phenoxy) is 2. The molecule has 0 saturated heterocycles. The Labute approximate surface area is 82.5 Å². The van der Waals surface area contributed by atoms with Crippen LogP contribution in [0.15, 0.2) is 0 Å². The van der Waals surface area contributed by atoms with Gasteiger partial charge in [-0.1, -0.05) is 0 Å². The molecule has 14 heavy (non-hydrogen) atoms. The molecule has 1 rings (SSSR count). The van der Waals surface area contributed by atoms with Gasteiger partial charge in [0, 0.05) is 31.6 Å². The summed E-state index contributed by atoms with van der Waals surface area (Å²) in [5.41, 5.74) is 5.79. The van der Waals surface area contributed by atoms with E-state index in [-0.39, 0.29) is 17.1 Å². The van der Waals surface area contributed by atoms with Crippen molar-refractivity contribution in [1.29, 1.82) is 0 Å². The topological polar surface area (TPSA) is 87.6 Å². The standard InChI is InChI=1S/C8H16N2O4/c1-13-7-4-6(10(11)12)8(14-2)3-5(7)9/h5-8H,3-4,9H2,1-2H3. The summed E-state index contributed by atoms with van der Waals surface area (Å²) in [5.74, 6) is 0. The van der Waals surface area contributed by atoms with Crippen LogP contribution in [0.2, 0.25) is 0 Å². The van der Waals surface area contributed by atoms with E-state index < -0.39 is 12.1 Å². The maximum absolute atomic E-state index is 10.7. The van der Waals surface area contributed by atoms with Crippen LogP contribution in [0.5, 0.6) is 0 Å². The summed E-state index contributed by atoms with van der Waals surface area (Å²) in [5, 5.41) is 10.7. The van der Waals surface area contributed by atoms with Crippen molar-refractivity contribution in [3.05, 3.63) is 10.1 Å². The van der Waals surface area contributed by atoms with Gasteiger partial charge in [-0.25, -0.2) is 0 Å². The first-order valence-corrected chi connectivity index (χ1v) is 4.54. The summed E-state index contributed by atoms with van der Waals surface area (Å²) < 4.78 is 10.1. The zero-order valence-electron chi connectivity index (χ0n) is 8.38. The van der Waals surface area contributed by atoms with E-state index in [1.807, 2.05) is 0 Å². The highest BCUT2D eigenvalue weighted by atomic mass is 16.6. The molecule has 0 aromatic carbocycles. The molecule has 0 aromatic rings. The molecule has 0 bridgehead atoms. The van der Waals surface area contributed by atoms with Crippen molar-refractivity contribution in [2.24, 2.45) is 5.73 Å². The van der Waals surface area contributed by atoms with Gasteiger partial charge in [0.25, 0.3) is 0 Å². The Bertz CT molecular complexity index is 212. The molecular weight excluding hydrogens is 188 g/mol. The van der Waals surface area contributed by atoms with Gasteiger partial charge in [-0.05, 0) is 6.42 Å². The Morgan fingerprint density at radius 1 is 1.29 bits per heavy atom. The largest absolute Gasteiger partial charge is 0.380 e. The number of nitro groups is 1. The molecule has 1 aliphatic rings. The second-order valence-electron chi connectivity index (χ2n) is 3.54. The average molecular weight is 204 g/mol. The lowest BCUT2D eigenvalue weighted by molar-refractivity contribution is -0.541. The number of hydrogen-bond donors (Lipinski definition) is 1. The predicted octanol–water partition coefficient (Wildman–Crippen LogP) is -0.217. The number of nitrogens with zero attached hydrogens (tertiary/aromatic N) is 1. The highest BCUT2D eigenvalue weighted by Crippen LogP contribution is 2.24. The molecule has 0 aliphatic heterocycles. The van der Waals surface area contributed by atoms with E-state index in [1.54, 1.807) is 0 Å². The third-order valence-corrected chi connectivity index (χ3v) is 2.76. The summed E-state index contributed by atoms with van der Waals surface area (Å²) in [6.45, 7) is 0. The van der Waals surface area contributed by atoms with Crippen molar-refractivity contribution in [3.63, 3.8) is 0 Å². The summed E-state index contributed by atoms with van der Waals surface area (Å²) in [4.78, 5) is 10.4. The van der Waals surface area contributed by atoms with Crippen LogP contribution < -0.4 is 5.73 Å². The molecule has 2 N–H and O–H groups in total. The average Bonchev–Trinajstić information content (AvgIpc) is 2.16. The maximum atomic E-state index is 10.7. The second-order valence-corrected chi connectivity index (χ2v) is 3.54. The van der Waals surface area contributed by atoms with E-state index in [4.69, 9.17) is 15.2 Å². The minimum absolute atomic E-state index is 0.179. The van der Waals surface area contributed by atoms with Gasteiger partial charge in [-0.2, -0.15) is 0 Å². The molecule has 6 heteroatoms. The van der Waals surface area contributed by atoms with E-state index in [9.17, 15) is 10.1 Å². The quantitative estimate of drug-likeness (QED) is 0.507. The summed E-state index contributed by atoms with van der Waals surface area (Å²) >= 11 is 0. The number of hydrogen-bond acceptors (Lipinski definition) is 5. The van der Waals surface area contributed by atoms with Gasteiger partial charge in [0.1, 0.15) is 6.10 Å². The van der Waals surface area contributed by atoms with Crippen LogP contribution in [0, 0.1) is 10.1 Å². The fraction of sp³-hybridized carbons (Fsp3) is 1.00. The van der Waals surface area contributed by atoms with Crippen molar-refractivity contribution in [2.75, 3.05) is 14.2 Å². The Hall–Kier alpha value is -0.720. The highest BCUT2D eigenvalue weighted by Gasteiger charge is 2.42. The Morgan fingerprint density at radius 2 is 1.86 bits per heavy atom. The Kier molecular flexibility index (Phi) is 3.79. The zero-order valence-corrected chi connectivity index (χ0v) is 8.38. The normalized spacial score (nSPS) is 38.2. The van der Waals surface area contributed by atoms with Crippen molar-refractivity contribution < 1.29 is 14.4 Å². The van der Waals surface area contributed by atoms with Gasteiger partial charge in [-0.15, -0.1) is 0 Å². The van der Waals surface area contributed by atoms with Gasteiger partial charge in [0.05, 0.1) is 6.10 Å². The first-order chi connectivity index (χ1) is 6.60. The first kappa shape index (κ1) is 11.4. The van der Waals surface area contributed by atoms with Crippen LogP contribution in [-0.2, 0) is 9.47 Å². The van der Waals surface area contributed by atoms with Crippen molar-refractivity contribution in [3.8, 4) is 0 Å². The zero-order chi connectivity index (χ0) is 10.7. The Balaban J connectivity index is 2.68. The molecule has 0 spiro atoms. The molecule has 0 aromatic heterocycles. The second kappa shape index (κ2) is 4.68. The molecule has 0 radical (unpaired) electrons. The third kappa shape index (κ3) is 2.20. The van der Waals surface area contributed by atoms with Crippen LogP contribution in [0.3, 0.4) is 0 Å². The van der Waals surface area contributed by atoms with E-state index in [0.29, 0.717) is 12.8 Å². The SMILES string of the molecule is COC1CC([N+](=O)[O-])C(OC)CC1N. The van der Waals surface area contributed by atoms with Crippen LogP contribution in [-0.4, -0.2) is 43.4 Å². The van der Waals surface area contributed by atoms with E-state index in [1.165, 1.54) is 14.2 Å². The summed E-state index contributed by atoms with van der Waals surface area (Å²) in [7, 11) is 3.00. The molecule has 1 fully saturated rings. The van der Waals surface area contributed by atoms with Gasteiger partial charge in [0.2, 0.25) is 6.04 Å². The molecule has 1 saturated carbocycles. The van der Waals surface area contributed by atoms with E-state index in [0.717, 1.165) is 0 Å². The van der Waals surface area contributed by atoms with Gasteiger partial charge >= 0.3 is 0 Å². The van der Waals surface area contributed by atoms with Gasteiger partial charge < -0.3 is 15.2 Å². The fourth-order valence-corrected chi connectivity index (χ4v) is 1.89. The summed E-state index contributed by atoms with van der Waals surface area (Å²) in [6, 6.07) is -0.883. The lowest BCUT2D eigenvalue weighted by Crippen LogP contribution is -2.52. The lowest BCUT2D eigenvalue weighted by Gasteiger charge is -2.33.